The summed E-state index contributed by atoms with van der Waals surface area (Å²) in [5.41, 5.74) is 17.4. The first-order valence-corrected chi connectivity index (χ1v) is 37.3. The number of carbonyl (C=O) groups is 1. The van der Waals surface area contributed by atoms with Gasteiger partial charge in [-0.1, -0.05) is 96.8 Å². The van der Waals surface area contributed by atoms with E-state index in [4.69, 9.17) is 68.2 Å². The van der Waals surface area contributed by atoms with Crippen molar-refractivity contribution in [3.05, 3.63) is 38.0 Å². The molecule has 0 spiro atoms. The lowest BCUT2D eigenvalue weighted by atomic mass is 9.89. The van der Waals surface area contributed by atoms with Crippen molar-refractivity contribution in [1.29, 1.82) is 0 Å². The Hall–Kier alpha value is -5.04. The van der Waals surface area contributed by atoms with Gasteiger partial charge in [0.1, 0.15) is 96.6 Å². The number of rotatable bonds is 37. The number of fused-ring (bicyclic) bond motifs is 4. The molecule has 15 atom stereocenters. The summed E-state index contributed by atoms with van der Waals surface area (Å²) in [6, 6.07) is 0. The van der Waals surface area contributed by atoms with E-state index in [1.165, 1.54) is 117 Å². The van der Waals surface area contributed by atoms with Gasteiger partial charge in [-0.05, 0) is 30.6 Å². The predicted molar refractivity (Wildman–Crippen MR) is 332 cm³/mol. The highest BCUT2D eigenvalue weighted by Crippen LogP contribution is 2.58. The van der Waals surface area contributed by atoms with Crippen LogP contribution in [0.15, 0.2) is 38.0 Å². The molecule has 0 saturated carbocycles. The molecule has 0 aliphatic carbocycles. The second-order valence-corrected chi connectivity index (χ2v) is 30.0. The summed E-state index contributed by atoms with van der Waals surface area (Å²) < 4.78 is 110. The van der Waals surface area contributed by atoms with Gasteiger partial charge >= 0.3 is 28.4 Å². The van der Waals surface area contributed by atoms with E-state index in [9.17, 15) is 43.4 Å². The number of hydrogen-bond acceptors (Lipinski definition) is 30. The van der Waals surface area contributed by atoms with Crippen molar-refractivity contribution in [2.24, 2.45) is 0 Å². The Morgan fingerprint density at radius 2 is 1.11 bits per heavy atom. The Bertz CT molecular complexity index is 3600. The fraction of sp³-hybridized carbons (Fsp3) is 0.704. The largest absolute Gasteiger partial charge is 0.472 e. The van der Waals surface area contributed by atoms with E-state index < -0.39 is 121 Å². The molecule has 0 aromatic carbocycles. The van der Waals surface area contributed by atoms with Gasteiger partial charge in [0.05, 0.1) is 38.8 Å². The number of ether oxygens (including phenoxy) is 6. The number of methoxy groups -OCH3 is 1. The number of esters is 1. The highest BCUT2D eigenvalue weighted by molar-refractivity contribution is 8.54. The summed E-state index contributed by atoms with van der Waals surface area (Å²) in [7, 11) is -9.53. The highest BCUT2D eigenvalue weighted by Gasteiger charge is 2.60. The van der Waals surface area contributed by atoms with E-state index in [-0.39, 0.29) is 82.8 Å². The summed E-state index contributed by atoms with van der Waals surface area (Å²) in [6.45, 7) is -4.50. The minimum atomic E-state index is -5.40. The fourth-order valence-corrected chi connectivity index (χ4v) is 16.1. The Morgan fingerprint density at radius 1 is 0.624 bits per heavy atom. The molecule has 39 heteroatoms. The quantitative estimate of drug-likeness (QED) is 0.0128. The molecule has 4 saturated heterocycles. The van der Waals surface area contributed by atoms with Gasteiger partial charge in [-0.3, -0.25) is 41.1 Å². The zero-order valence-electron chi connectivity index (χ0n) is 51.5. The first kappa shape index (κ1) is 70.8. The molecule has 93 heavy (non-hydrogen) atoms. The molecule has 6 aromatic heterocycles. The number of carbonyl (C=O) groups excluding carboxylic acids is 1. The summed E-state index contributed by atoms with van der Waals surface area (Å²) in [5.74, 6) is -0.493. The number of imidazole rings is 3. The van der Waals surface area contributed by atoms with Gasteiger partial charge in [0, 0.05) is 25.9 Å². The normalized spacial score (nSPS) is 27.6. The van der Waals surface area contributed by atoms with Gasteiger partial charge in [-0.25, -0.2) is 58.6 Å². The van der Waals surface area contributed by atoms with Crippen LogP contribution in [0, 0.1) is 0 Å². The van der Waals surface area contributed by atoms with Crippen molar-refractivity contribution < 1.29 is 94.4 Å². The first-order valence-electron chi connectivity index (χ1n) is 31.1. The third kappa shape index (κ3) is 17.2. The third-order valence-electron chi connectivity index (χ3n) is 16.7. The van der Waals surface area contributed by atoms with E-state index in [1.807, 2.05) is 0 Å². The molecule has 4 aliphatic heterocycles. The minimum absolute atomic E-state index is 0.0201. The molecule has 0 radical (unpaired) electrons. The van der Waals surface area contributed by atoms with Crippen LogP contribution < -0.4 is 17.2 Å². The standard InChI is InChI=1S/C54H82N15O20P3S/c1-3-4-5-6-7-8-9-10-11-12-13-14-15-16-17-19-35(70)80-22-23-93-92(77,78)83-25-34-41(79-2)43(53(86-34)69-32-66-38-47(57)60-29-63-50(38)69)89-90(73,74)82-24-33-39(71)42(52(85-33)68-31-65-37-46(56)59-28-62-49(37)68)88-91(75,76)84-26-54-20-18-21-81-44(54)40(72)51(87-54)67-30-64-36-45(55)58-27-61-48(36)67/h27-34,39-44,51-53,71-72H,3-26H2,1-2H3,(H,73,74)(H,75,76)(H,77,78)(H2,55,58,61)(H2,56,59,62)(H2,57,60,63)/t33-,34-,39+,40?,41+,42?,43?,44-,51-,52-,53-,54-/m1/s1. The number of hydrogen-bond donors (Lipinski definition) is 8. The zero-order valence-corrected chi connectivity index (χ0v) is 55.0. The summed E-state index contributed by atoms with van der Waals surface area (Å²) in [4.78, 5) is 83.9. The SMILES string of the molecule is CCCCCCCCCCCCCCCCCC(=O)OCCSP(=O)(O)OC[C@H]1O[C@@H](n2cnc3c(N)ncnc32)C(OP(=O)(O)OC[C@H]2O[C@@H](n3cnc4c(N)ncnc43)C(OP(=O)(O)OC[C@]34CCCO[C@@H]3C(O)[C@H](n3cnc5c(N)ncnc53)O4)[C@H]2O)[C@H]1OC. The van der Waals surface area contributed by atoms with Gasteiger partial charge in [0.25, 0.3) is 0 Å². The van der Waals surface area contributed by atoms with E-state index in [1.54, 1.807) is 0 Å². The topological polar surface area (TPSA) is 480 Å². The van der Waals surface area contributed by atoms with Gasteiger partial charge in [0.2, 0.25) is 0 Å². The number of aliphatic hydroxyl groups excluding tert-OH is 2. The van der Waals surface area contributed by atoms with E-state index in [2.05, 4.69) is 51.8 Å². The number of nitrogens with zero attached hydrogens (tertiary/aromatic N) is 12. The van der Waals surface area contributed by atoms with Crippen LogP contribution in [0.3, 0.4) is 0 Å². The van der Waals surface area contributed by atoms with E-state index in [0.29, 0.717) is 24.2 Å². The number of anilines is 3. The molecule has 4 aliphatic rings. The summed E-state index contributed by atoms with van der Waals surface area (Å²) in [5, 5.41) is 23.6. The lowest BCUT2D eigenvalue weighted by molar-refractivity contribution is -0.165. The maximum Gasteiger partial charge on any atom is 0.472 e. The van der Waals surface area contributed by atoms with Crippen LogP contribution in [-0.2, 0) is 69.5 Å². The average Bonchev–Trinajstić information content (AvgIpc) is 1.60. The van der Waals surface area contributed by atoms with Crippen LogP contribution in [0.5, 0.6) is 0 Å². The molecule has 6 unspecified atom stereocenters. The number of phosphoric acid groups is 2. The highest BCUT2D eigenvalue weighted by atomic mass is 32.7. The number of aliphatic hydroxyl groups is 2. The number of aromatic nitrogens is 12. The average molecular weight is 1390 g/mol. The van der Waals surface area contributed by atoms with Gasteiger partial charge in [-0.15, -0.1) is 0 Å². The molecule has 10 heterocycles. The molecule has 4 fully saturated rings. The second-order valence-electron chi connectivity index (χ2n) is 23.2. The van der Waals surface area contributed by atoms with Crippen molar-refractivity contribution in [3.63, 3.8) is 0 Å². The van der Waals surface area contributed by atoms with Crippen LogP contribution in [-0.4, -0.2) is 190 Å². The number of unbranched alkanes of at least 4 members (excludes halogenated alkanes) is 14. The molecule has 10 rings (SSSR count). The van der Waals surface area contributed by atoms with E-state index >= 15 is 0 Å². The van der Waals surface area contributed by atoms with Crippen LogP contribution in [0.2, 0.25) is 0 Å². The molecule has 514 valence electrons. The lowest BCUT2D eigenvalue weighted by Crippen LogP contribution is -2.51. The van der Waals surface area contributed by atoms with E-state index in [0.717, 1.165) is 31.9 Å². The number of phosphoric ester groups is 2. The third-order valence-corrected chi connectivity index (χ3v) is 21.7. The second kappa shape index (κ2) is 31.9. The molecule has 35 nitrogen and oxygen atoms in total. The molecule has 0 bridgehead atoms. The monoisotopic (exact) mass is 1390 g/mol. The Balaban J connectivity index is 0.751. The van der Waals surface area contributed by atoms with Gasteiger partial charge in [0.15, 0.2) is 53.1 Å². The smallest absolute Gasteiger partial charge is 0.465 e. The summed E-state index contributed by atoms with van der Waals surface area (Å²) >= 11 is 0.521. The van der Waals surface area contributed by atoms with Crippen molar-refractivity contribution >= 4 is 90.7 Å². The zero-order chi connectivity index (χ0) is 65.9. The first-order chi connectivity index (χ1) is 44.7. The van der Waals surface area contributed by atoms with Gasteiger partial charge in [-0.2, -0.15) is 0 Å². The van der Waals surface area contributed by atoms with Crippen LogP contribution in [0.1, 0.15) is 141 Å². The van der Waals surface area contributed by atoms with Crippen LogP contribution >= 0.6 is 33.8 Å². The minimum Gasteiger partial charge on any atom is -0.465 e. The number of nitrogen functional groups attached to an aromatic ring is 3. The van der Waals surface area contributed by atoms with Crippen molar-refractivity contribution in [2.45, 2.75) is 196 Å². The fourth-order valence-electron chi connectivity index (χ4n) is 12.1. The lowest BCUT2D eigenvalue weighted by Gasteiger charge is -2.38. The molecule has 0 amide bonds. The number of nitrogens with two attached hydrogens (primary N) is 3. The predicted octanol–water partition coefficient (Wildman–Crippen LogP) is 5.89. The Morgan fingerprint density at radius 3 is 1.66 bits per heavy atom. The molecular weight excluding hydrogens is 1300 g/mol. The summed E-state index contributed by atoms with van der Waals surface area (Å²) in [6.07, 6.45) is 9.44. The van der Waals surface area contributed by atoms with Crippen LogP contribution in [0.25, 0.3) is 33.5 Å². The molecule has 11 N–H and O–H groups in total. The van der Waals surface area contributed by atoms with Crippen molar-refractivity contribution in [3.8, 4) is 0 Å². The Labute approximate surface area is 538 Å². The van der Waals surface area contributed by atoms with Crippen LogP contribution in [0.4, 0.5) is 17.5 Å². The Kier molecular flexibility index (Phi) is 24.3. The molecular formula is C54H82N15O20P3S. The molecule has 6 aromatic rings. The maximum atomic E-state index is 14.3. The van der Waals surface area contributed by atoms with Crippen molar-refractivity contribution in [1.82, 2.24) is 58.6 Å². The maximum absolute atomic E-state index is 14.3. The van der Waals surface area contributed by atoms with Crippen molar-refractivity contribution in [2.75, 3.05) is 63.1 Å². The van der Waals surface area contributed by atoms with Gasteiger partial charge < -0.3 is 70.5 Å².